The summed E-state index contributed by atoms with van der Waals surface area (Å²) in [5.74, 6) is 0. The molecule has 0 bridgehead atoms. The van der Waals surface area contributed by atoms with E-state index >= 15 is 0 Å². The lowest BCUT2D eigenvalue weighted by Gasteiger charge is -2.08. The van der Waals surface area contributed by atoms with Gasteiger partial charge < -0.3 is 5.11 Å². The van der Waals surface area contributed by atoms with Crippen molar-refractivity contribution in [3.63, 3.8) is 0 Å². The van der Waals surface area contributed by atoms with Crippen molar-refractivity contribution >= 4 is 32.8 Å². The van der Waals surface area contributed by atoms with Gasteiger partial charge in [0.1, 0.15) is 0 Å². The fraction of sp³-hybridized carbons (Fsp3) is 0.294. The Bertz CT molecular complexity index is 732. The maximum atomic E-state index is 10.5. The average Bonchev–Trinajstić information content (AvgIpc) is 3.12. The lowest BCUT2D eigenvalue weighted by atomic mass is 10.1. The third kappa shape index (κ3) is 2.10. The monoisotopic (exact) mass is 300 g/mol. The average molecular weight is 300 g/mol. The summed E-state index contributed by atoms with van der Waals surface area (Å²) in [7, 11) is 0. The number of aliphatic hydroxyl groups is 1. The first kappa shape index (κ1) is 12.6. The molecule has 0 saturated heterocycles. The van der Waals surface area contributed by atoms with Gasteiger partial charge in [-0.15, -0.1) is 22.7 Å². The van der Waals surface area contributed by atoms with E-state index in [4.69, 9.17) is 0 Å². The molecule has 102 valence electrons. The van der Waals surface area contributed by atoms with Crippen LogP contribution in [-0.2, 0) is 19.3 Å². The van der Waals surface area contributed by atoms with Crippen molar-refractivity contribution in [1.29, 1.82) is 0 Å². The molecule has 3 heteroatoms. The summed E-state index contributed by atoms with van der Waals surface area (Å²) in [4.78, 5) is 2.64. The first-order chi connectivity index (χ1) is 9.81. The van der Waals surface area contributed by atoms with E-state index in [1.165, 1.54) is 45.4 Å². The van der Waals surface area contributed by atoms with E-state index in [-0.39, 0.29) is 6.10 Å². The Labute approximate surface area is 126 Å². The Morgan fingerprint density at radius 3 is 3.00 bits per heavy atom. The number of aliphatic hydroxyl groups excluding tert-OH is 1. The summed E-state index contributed by atoms with van der Waals surface area (Å²) in [6.45, 7) is 0. The standard InChI is InChI=1S/C17H16OS2/c18-14(17-9-11-4-3-7-15(11)20-17)8-12-10-19-16-6-2-1-5-13(12)16/h1-2,5-6,9-10,14,18H,3-4,7-8H2. The van der Waals surface area contributed by atoms with Gasteiger partial charge in [0, 0.05) is 20.9 Å². The largest absolute Gasteiger partial charge is 0.387 e. The van der Waals surface area contributed by atoms with Crippen molar-refractivity contribution in [1.82, 2.24) is 0 Å². The van der Waals surface area contributed by atoms with Crippen molar-refractivity contribution in [2.75, 3.05) is 0 Å². The summed E-state index contributed by atoms with van der Waals surface area (Å²) in [6.07, 6.45) is 4.05. The Kier molecular flexibility index (Phi) is 3.14. The Balaban J connectivity index is 1.61. The summed E-state index contributed by atoms with van der Waals surface area (Å²) in [5.41, 5.74) is 2.74. The molecule has 1 unspecified atom stereocenters. The van der Waals surface area contributed by atoms with Crippen molar-refractivity contribution in [2.45, 2.75) is 31.8 Å². The van der Waals surface area contributed by atoms with Gasteiger partial charge in [-0.3, -0.25) is 0 Å². The molecule has 1 aliphatic carbocycles. The molecule has 1 aliphatic rings. The van der Waals surface area contributed by atoms with Gasteiger partial charge in [-0.05, 0) is 53.3 Å². The number of thiophene rings is 2. The van der Waals surface area contributed by atoms with Gasteiger partial charge >= 0.3 is 0 Å². The van der Waals surface area contributed by atoms with Crippen LogP contribution in [0.2, 0.25) is 0 Å². The van der Waals surface area contributed by atoms with Crippen LogP contribution in [-0.4, -0.2) is 5.11 Å². The zero-order valence-corrected chi connectivity index (χ0v) is 12.8. The van der Waals surface area contributed by atoms with Crippen LogP contribution in [0.5, 0.6) is 0 Å². The molecular formula is C17H16OS2. The van der Waals surface area contributed by atoms with E-state index in [1.54, 1.807) is 11.3 Å². The van der Waals surface area contributed by atoms with Crippen LogP contribution in [0.15, 0.2) is 35.7 Å². The van der Waals surface area contributed by atoms with E-state index in [2.05, 4.69) is 35.7 Å². The Hall–Kier alpha value is -1.16. The highest BCUT2D eigenvalue weighted by atomic mass is 32.1. The third-order valence-corrected chi connectivity index (χ3v) is 6.42. The van der Waals surface area contributed by atoms with Crippen LogP contribution >= 0.6 is 22.7 Å². The SMILES string of the molecule is OC(Cc1csc2ccccc12)c1cc2c(s1)CCC2. The fourth-order valence-corrected chi connectivity index (χ4v) is 5.24. The van der Waals surface area contributed by atoms with E-state index in [0.717, 1.165) is 11.3 Å². The van der Waals surface area contributed by atoms with Gasteiger partial charge in [-0.25, -0.2) is 0 Å². The second-order valence-corrected chi connectivity index (χ2v) is 7.51. The molecule has 1 atom stereocenters. The first-order valence-corrected chi connectivity index (χ1v) is 8.75. The van der Waals surface area contributed by atoms with Crippen LogP contribution < -0.4 is 0 Å². The molecule has 1 N–H and O–H groups in total. The minimum absolute atomic E-state index is 0.358. The maximum absolute atomic E-state index is 10.5. The van der Waals surface area contributed by atoms with E-state index in [9.17, 15) is 5.11 Å². The first-order valence-electron chi connectivity index (χ1n) is 7.06. The summed E-state index contributed by atoms with van der Waals surface area (Å²) in [5, 5.41) is 14.0. The summed E-state index contributed by atoms with van der Waals surface area (Å²) in [6, 6.07) is 10.7. The van der Waals surface area contributed by atoms with Crippen LogP contribution in [0.1, 0.15) is 33.4 Å². The van der Waals surface area contributed by atoms with Crippen LogP contribution in [0.25, 0.3) is 10.1 Å². The molecule has 1 aromatic carbocycles. The number of benzene rings is 1. The molecule has 0 radical (unpaired) electrons. The lowest BCUT2D eigenvalue weighted by molar-refractivity contribution is 0.182. The fourth-order valence-electron chi connectivity index (χ4n) is 3.02. The third-order valence-electron chi connectivity index (χ3n) is 4.07. The van der Waals surface area contributed by atoms with E-state index in [1.807, 2.05) is 11.3 Å². The maximum Gasteiger partial charge on any atom is 0.0922 e. The van der Waals surface area contributed by atoms with Crippen molar-refractivity contribution < 1.29 is 5.11 Å². The minimum atomic E-state index is -0.358. The van der Waals surface area contributed by atoms with E-state index in [0.29, 0.717) is 0 Å². The molecule has 20 heavy (non-hydrogen) atoms. The number of rotatable bonds is 3. The molecule has 0 amide bonds. The van der Waals surface area contributed by atoms with Gasteiger partial charge in [-0.2, -0.15) is 0 Å². The summed E-state index contributed by atoms with van der Waals surface area (Å²) >= 11 is 3.58. The molecule has 1 nitrogen and oxygen atoms in total. The molecule has 0 saturated carbocycles. The molecule has 4 rings (SSSR count). The topological polar surface area (TPSA) is 20.2 Å². The number of fused-ring (bicyclic) bond motifs is 2. The van der Waals surface area contributed by atoms with Gasteiger partial charge in [0.05, 0.1) is 6.10 Å². The molecule has 2 aromatic heterocycles. The quantitative estimate of drug-likeness (QED) is 0.741. The van der Waals surface area contributed by atoms with Gasteiger partial charge in [0.2, 0.25) is 0 Å². The second kappa shape index (κ2) is 4.99. The van der Waals surface area contributed by atoms with Crippen LogP contribution in [0, 0.1) is 0 Å². The molecular weight excluding hydrogens is 284 g/mol. The van der Waals surface area contributed by atoms with Gasteiger partial charge in [0.15, 0.2) is 0 Å². The molecule has 2 heterocycles. The predicted molar refractivity (Wildman–Crippen MR) is 86.8 cm³/mol. The molecule has 0 spiro atoms. The smallest absolute Gasteiger partial charge is 0.0922 e. The lowest BCUT2D eigenvalue weighted by Crippen LogP contribution is -1.99. The highest BCUT2D eigenvalue weighted by Gasteiger charge is 2.19. The highest BCUT2D eigenvalue weighted by Crippen LogP contribution is 2.36. The predicted octanol–water partition coefficient (Wildman–Crippen LogP) is 4.73. The van der Waals surface area contributed by atoms with Gasteiger partial charge in [-0.1, -0.05) is 18.2 Å². The van der Waals surface area contributed by atoms with Crippen LogP contribution in [0.4, 0.5) is 0 Å². The van der Waals surface area contributed by atoms with Crippen molar-refractivity contribution in [3.05, 3.63) is 56.6 Å². The van der Waals surface area contributed by atoms with Gasteiger partial charge in [0.25, 0.3) is 0 Å². The second-order valence-electron chi connectivity index (χ2n) is 5.43. The zero-order valence-electron chi connectivity index (χ0n) is 11.1. The zero-order chi connectivity index (χ0) is 13.5. The molecule has 0 fully saturated rings. The van der Waals surface area contributed by atoms with Crippen molar-refractivity contribution in [2.24, 2.45) is 0 Å². The summed E-state index contributed by atoms with van der Waals surface area (Å²) < 4.78 is 1.31. The van der Waals surface area contributed by atoms with E-state index < -0.39 is 0 Å². The van der Waals surface area contributed by atoms with Crippen LogP contribution in [0.3, 0.4) is 0 Å². The molecule has 0 aliphatic heterocycles. The Morgan fingerprint density at radius 2 is 2.10 bits per heavy atom. The normalized spacial score (nSPS) is 15.7. The minimum Gasteiger partial charge on any atom is -0.387 e. The highest BCUT2D eigenvalue weighted by molar-refractivity contribution is 7.17. The number of aryl methyl sites for hydroxylation is 2. The molecule has 3 aromatic rings. The number of hydrogen-bond acceptors (Lipinski definition) is 3. The Morgan fingerprint density at radius 1 is 1.20 bits per heavy atom. The number of hydrogen-bond donors (Lipinski definition) is 1. The van der Waals surface area contributed by atoms with Crippen molar-refractivity contribution in [3.8, 4) is 0 Å².